The molecule has 0 bridgehead atoms. The van der Waals surface area contributed by atoms with E-state index in [4.69, 9.17) is 12.3 Å². The van der Waals surface area contributed by atoms with Crippen LogP contribution in [0.3, 0.4) is 0 Å². The van der Waals surface area contributed by atoms with Gasteiger partial charge in [-0.25, -0.2) is 0 Å². The SMILES string of the molecule is C[Si]1(c2ccccc2)O[SiH2]O[SiH2]O1. The molecule has 2 rings (SSSR count). The topological polar surface area (TPSA) is 27.7 Å². The summed E-state index contributed by atoms with van der Waals surface area (Å²) in [6.07, 6.45) is 0. The number of hydrogen-bond acceptors (Lipinski definition) is 3. The van der Waals surface area contributed by atoms with E-state index in [0.29, 0.717) is 0 Å². The molecule has 70 valence electrons. The van der Waals surface area contributed by atoms with Crippen molar-refractivity contribution in [3.63, 3.8) is 0 Å². The molecule has 0 N–H and O–H groups in total. The third kappa shape index (κ3) is 1.98. The molecule has 0 saturated carbocycles. The third-order valence-electron chi connectivity index (χ3n) is 2.13. The molecule has 6 heteroatoms. The Morgan fingerprint density at radius 1 is 1.08 bits per heavy atom. The summed E-state index contributed by atoms with van der Waals surface area (Å²) in [7, 11) is -3.50. The average Bonchev–Trinajstić information content (AvgIpc) is 2.20. The quantitative estimate of drug-likeness (QED) is 0.579. The van der Waals surface area contributed by atoms with Crippen molar-refractivity contribution in [3.8, 4) is 0 Å². The van der Waals surface area contributed by atoms with E-state index >= 15 is 0 Å². The Bertz CT molecular complexity index is 274. The fourth-order valence-corrected chi connectivity index (χ4v) is 8.74. The van der Waals surface area contributed by atoms with Gasteiger partial charge >= 0.3 is 8.56 Å². The van der Waals surface area contributed by atoms with Gasteiger partial charge in [-0.05, 0) is 11.7 Å². The number of benzene rings is 1. The van der Waals surface area contributed by atoms with E-state index in [0.717, 1.165) is 0 Å². The van der Waals surface area contributed by atoms with Crippen molar-refractivity contribution < 1.29 is 12.3 Å². The van der Waals surface area contributed by atoms with Crippen molar-refractivity contribution in [2.75, 3.05) is 0 Å². The van der Waals surface area contributed by atoms with Gasteiger partial charge < -0.3 is 12.3 Å². The standard InChI is InChI=1S/C7H12O3Si3/c1-13(9-11-8-12-10-13)7-5-3-2-4-6-7/h2-6H,11-12H2,1H3. The van der Waals surface area contributed by atoms with Crippen LogP contribution in [0.1, 0.15) is 0 Å². The van der Waals surface area contributed by atoms with Crippen LogP contribution in [0.5, 0.6) is 0 Å². The first-order valence-electron chi connectivity index (χ1n) is 4.22. The molecule has 1 aromatic carbocycles. The van der Waals surface area contributed by atoms with E-state index in [1.165, 1.54) is 5.19 Å². The molecular formula is C7H12O3Si3. The highest BCUT2D eigenvalue weighted by Crippen LogP contribution is 2.09. The predicted molar refractivity (Wildman–Crippen MR) is 58.0 cm³/mol. The second kappa shape index (κ2) is 3.86. The molecule has 1 saturated heterocycles. The van der Waals surface area contributed by atoms with Gasteiger partial charge in [-0.2, -0.15) is 0 Å². The van der Waals surface area contributed by atoms with Crippen LogP contribution in [-0.2, 0) is 12.3 Å². The molecule has 1 heterocycles. The van der Waals surface area contributed by atoms with E-state index in [9.17, 15) is 0 Å². The normalized spacial score (nSPS) is 32.4. The van der Waals surface area contributed by atoms with Crippen molar-refractivity contribution >= 4 is 33.8 Å². The smallest absolute Gasteiger partial charge is 0.351 e. The molecule has 1 fully saturated rings. The zero-order valence-electron chi connectivity index (χ0n) is 7.53. The molecule has 0 spiro atoms. The highest BCUT2D eigenvalue weighted by Gasteiger charge is 2.35. The Morgan fingerprint density at radius 2 is 1.69 bits per heavy atom. The van der Waals surface area contributed by atoms with Crippen molar-refractivity contribution in [2.24, 2.45) is 0 Å². The maximum Gasteiger partial charge on any atom is 0.351 e. The molecule has 1 aliphatic rings. The van der Waals surface area contributed by atoms with Crippen LogP contribution in [0.25, 0.3) is 0 Å². The third-order valence-corrected chi connectivity index (χ3v) is 10.2. The molecule has 1 aromatic rings. The summed E-state index contributed by atoms with van der Waals surface area (Å²) in [5.41, 5.74) is 0. The molecule has 0 atom stereocenters. The molecule has 3 nitrogen and oxygen atoms in total. The van der Waals surface area contributed by atoms with Crippen LogP contribution in [0.2, 0.25) is 6.55 Å². The largest absolute Gasteiger partial charge is 0.425 e. The fraction of sp³-hybridized carbons (Fsp3) is 0.143. The second-order valence-corrected chi connectivity index (χ2v) is 9.92. The van der Waals surface area contributed by atoms with Crippen LogP contribution in [0.15, 0.2) is 30.3 Å². The zero-order chi connectivity index (χ0) is 9.15. The van der Waals surface area contributed by atoms with Gasteiger partial charge in [-0.1, -0.05) is 30.3 Å². The summed E-state index contributed by atoms with van der Waals surface area (Å²) in [6.45, 7) is 2.10. The Morgan fingerprint density at radius 3 is 2.31 bits per heavy atom. The van der Waals surface area contributed by atoms with Gasteiger partial charge in [0.15, 0.2) is 0 Å². The van der Waals surface area contributed by atoms with Gasteiger partial charge in [0.1, 0.15) is 0 Å². The molecule has 13 heavy (non-hydrogen) atoms. The molecule has 0 unspecified atom stereocenters. The minimum Gasteiger partial charge on any atom is -0.425 e. The number of rotatable bonds is 1. The summed E-state index contributed by atoms with van der Waals surface area (Å²) < 4.78 is 16.7. The fourth-order valence-electron chi connectivity index (χ4n) is 1.29. The number of hydrogen-bond donors (Lipinski definition) is 0. The Labute approximate surface area is 83.4 Å². The maximum absolute atomic E-state index is 5.72. The molecule has 0 amide bonds. The summed E-state index contributed by atoms with van der Waals surface area (Å²) in [5.74, 6) is 0. The van der Waals surface area contributed by atoms with Crippen LogP contribution in [0.4, 0.5) is 0 Å². The van der Waals surface area contributed by atoms with Gasteiger partial charge in [0.25, 0.3) is 20.0 Å². The van der Waals surface area contributed by atoms with E-state index < -0.39 is 28.6 Å². The molecule has 0 radical (unpaired) electrons. The second-order valence-electron chi connectivity index (χ2n) is 3.04. The van der Waals surface area contributed by atoms with Gasteiger partial charge in [0.05, 0.1) is 0 Å². The highest BCUT2D eigenvalue weighted by molar-refractivity contribution is 6.86. The van der Waals surface area contributed by atoms with E-state index in [1.54, 1.807) is 0 Å². The van der Waals surface area contributed by atoms with Crippen LogP contribution in [-0.4, -0.2) is 28.6 Å². The van der Waals surface area contributed by atoms with E-state index in [2.05, 4.69) is 18.7 Å². The molecular weight excluding hydrogens is 216 g/mol. The zero-order valence-corrected chi connectivity index (χ0v) is 11.4. The first-order chi connectivity index (χ1) is 6.31. The van der Waals surface area contributed by atoms with Gasteiger partial charge in [0.2, 0.25) is 0 Å². The predicted octanol–water partition coefficient (Wildman–Crippen LogP) is -0.973. The van der Waals surface area contributed by atoms with Gasteiger partial charge in [-0.3, -0.25) is 0 Å². The summed E-state index contributed by atoms with van der Waals surface area (Å²) in [5, 5.41) is 1.22. The lowest BCUT2D eigenvalue weighted by molar-refractivity contribution is 0.313. The first-order valence-corrected chi connectivity index (χ1v) is 8.85. The summed E-state index contributed by atoms with van der Waals surface area (Å²) >= 11 is 0. The van der Waals surface area contributed by atoms with Crippen LogP contribution < -0.4 is 5.19 Å². The first kappa shape index (κ1) is 9.31. The molecule has 0 aliphatic carbocycles. The van der Waals surface area contributed by atoms with Crippen molar-refractivity contribution in [1.29, 1.82) is 0 Å². The Hall–Kier alpha value is -0.249. The molecule has 1 aliphatic heterocycles. The van der Waals surface area contributed by atoms with Crippen molar-refractivity contribution in [1.82, 2.24) is 0 Å². The van der Waals surface area contributed by atoms with Crippen LogP contribution in [0, 0.1) is 0 Å². The average molecular weight is 228 g/mol. The minimum atomic E-state index is -2.01. The lowest BCUT2D eigenvalue weighted by atomic mass is 10.4. The van der Waals surface area contributed by atoms with E-state index in [1.807, 2.05) is 18.2 Å². The Kier molecular flexibility index (Phi) is 2.77. The maximum atomic E-state index is 5.72. The van der Waals surface area contributed by atoms with Crippen molar-refractivity contribution in [3.05, 3.63) is 30.3 Å². The Balaban J connectivity index is 2.23. The summed E-state index contributed by atoms with van der Waals surface area (Å²) in [6, 6.07) is 10.2. The minimum absolute atomic E-state index is 0.741. The van der Waals surface area contributed by atoms with Crippen molar-refractivity contribution in [2.45, 2.75) is 6.55 Å². The molecule has 0 aromatic heterocycles. The highest BCUT2D eigenvalue weighted by atomic mass is 28.5. The van der Waals surface area contributed by atoms with Gasteiger partial charge in [-0.15, -0.1) is 0 Å². The lowest BCUT2D eigenvalue weighted by Gasteiger charge is -2.31. The van der Waals surface area contributed by atoms with E-state index in [-0.39, 0.29) is 0 Å². The van der Waals surface area contributed by atoms with Crippen LogP contribution >= 0.6 is 0 Å². The summed E-state index contributed by atoms with van der Waals surface area (Å²) in [4.78, 5) is 0. The monoisotopic (exact) mass is 228 g/mol. The lowest BCUT2D eigenvalue weighted by Crippen LogP contribution is -2.56. The van der Waals surface area contributed by atoms with Gasteiger partial charge in [0, 0.05) is 0 Å².